The van der Waals surface area contributed by atoms with Gasteiger partial charge in [-0.1, -0.05) is 19.1 Å². The van der Waals surface area contributed by atoms with Gasteiger partial charge in [0.25, 0.3) is 0 Å². The maximum atomic E-state index is 11.1. The molecule has 100 valence electrons. The molecule has 0 amide bonds. The number of ether oxygens (including phenoxy) is 1. The molecule has 1 rings (SSSR count). The molecular weight excluding hydrogens is 228 g/mol. The summed E-state index contributed by atoms with van der Waals surface area (Å²) in [5, 5.41) is 9.12. The highest BCUT2D eigenvalue weighted by atomic mass is 16.5. The van der Waals surface area contributed by atoms with Crippen LogP contribution >= 0.6 is 0 Å². The number of carboxylic acids is 1. The van der Waals surface area contributed by atoms with Crippen molar-refractivity contribution < 1.29 is 14.6 Å². The van der Waals surface area contributed by atoms with E-state index in [4.69, 9.17) is 9.84 Å². The van der Waals surface area contributed by atoms with E-state index in [1.165, 1.54) is 5.56 Å². The van der Waals surface area contributed by atoms with E-state index in [1.807, 2.05) is 12.1 Å². The molecule has 1 N–H and O–H groups in total. The first-order valence-electron chi connectivity index (χ1n) is 6.30. The van der Waals surface area contributed by atoms with Crippen LogP contribution in [0.3, 0.4) is 0 Å². The second-order valence-corrected chi connectivity index (χ2v) is 5.19. The minimum absolute atomic E-state index is 0.603. The number of carboxylic acid groups (broad SMARTS) is 1. The highest BCUT2D eigenvalue weighted by molar-refractivity contribution is 5.73. The van der Waals surface area contributed by atoms with Crippen LogP contribution in [0.2, 0.25) is 0 Å². The van der Waals surface area contributed by atoms with Crippen molar-refractivity contribution in [2.75, 3.05) is 7.11 Å². The van der Waals surface area contributed by atoms with Crippen LogP contribution in [0.1, 0.15) is 38.3 Å². The summed E-state index contributed by atoms with van der Waals surface area (Å²) in [6.07, 6.45) is 2.29. The van der Waals surface area contributed by atoms with Gasteiger partial charge in [0.2, 0.25) is 0 Å². The first-order chi connectivity index (χ1) is 8.40. The monoisotopic (exact) mass is 250 g/mol. The van der Waals surface area contributed by atoms with E-state index in [0.717, 1.165) is 24.2 Å². The molecule has 0 spiro atoms. The molecule has 0 aliphatic rings. The Balaban J connectivity index is 2.86. The van der Waals surface area contributed by atoms with Crippen LogP contribution in [0.4, 0.5) is 0 Å². The summed E-state index contributed by atoms with van der Waals surface area (Å²) >= 11 is 0. The van der Waals surface area contributed by atoms with E-state index in [-0.39, 0.29) is 0 Å². The summed E-state index contributed by atoms with van der Waals surface area (Å²) in [6, 6.07) is 6.11. The summed E-state index contributed by atoms with van der Waals surface area (Å²) in [6.45, 7) is 5.61. The average Bonchev–Trinajstić information content (AvgIpc) is 2.35. The molecule has 1 aromatic carbocycles. The van der Waals surface area contributed by atoms with Crippen LogP contribution in [-0.4, -0.2) is 18.2 Å². The highest BCUT2D eigenvalue weighted by Gasteiger charge is 2.26. The van der Waals surface area contributed by atoms with E-state index in [9.17, 15) is 4.79 Å². The third-order valence-electron chi connectivity index (χ3n) is 3.35. The molecule has 0 saturated carbocycles. The number of hydrogen-bond donors (Lipinski definition) is 1. The molecule has 0 aromatic heterocycles. The quantitative estimate of drug-likeness (QED) is 0.842. The number of methoxy groups -OCH3 is 1. The van der Waals surface area contributed by atoms with Gasteiger partial charge in [0.05, 0.1) is 12.5 Å². The van der Waals surface area contributed by atoms with Crippen LogP contribution in [0.25, 0.3) is 0 Å². The van der Waals surface area contributed by atoms with Gasteiger partial charge in [-0.3, -0.25) is 4.79 Å². The molecule has 3 heteroatoms. The van der Waals surface area contributed by atoms with E-state index in [2.05, 4.69) is 13.0 Å². The van der Waals surface area contributed by atoms with E-state index < -0.39 is 11.4 Å². The predicted octanol–water partition coefficient (Wildman–Crippen LogP) is 3.30. The van der Waals surface area contributed by atoms with Gasteiger partial charge in [-0.15, -0.1) is 0 Å². The molecule has 0 aliphatic heterocycles. The number of rotatable bonds is 6. The van der Waals surface area contributed by atoms with Gasteiger partial charge >= 0.3 is 5.97 Å². The largest absolute Gasteiger partial charge is 0.496 e. The second-order valence-electron chi connectivity index (χ2n) is 5.19. The second kappa shape index (κ2) is 5.89. The SMILES string of the molecule is CCc1ccc(OC)c(CCC(C)(C)C(=O)O)c1. The smallest absolute Gasteiger partial charge is 0.309 e. The Hall–Kier alpha value is -1.51. The molecule has 0 bridgehead atoms. The topological polar surface area (TPSA) is 46.5 Å². The lowest BCUT2D eigenvalue weighted by Crippen LogP contribution is -2.24. The van der Waals surface area contributed by atoms with Crippen LogP contribution < -0.4 is 4.74 Å². The van der Waals surface area contributed by atoms with Crippen molar-refractivity contribution in [3.8, 4) is 5.75 Å². The Morgan fingerprint density at radius 1 is 1.39 bits per heavy atom. The van der Waals surface area contributed by atoms with Crippen LogP contribution in [0.5, 0.6) is 5.75 Å². The molecule has 0 unspecified atom stereocenters. The number of hydrogen-bond acceptors (Lipinski definition) is 2. The van der Waals surface area contributed by atoms with Gasteiger partial charge in [-0.25, -0.2) is 0 Å². The molecule has 0 radical (unpaired) electrons. The van der Waals surface area contributed by atoms with Crippen LogP contribution in [0, 0.1) is 5.41 Å². The predicted molar refractivity (Wildman–Crippen MR) is 72.1 cm³/mol. The Bertz CT molecular complexity index is 422. The van der Waals surface area contributed by atoms with Crippen molar-refractivity contribution >= 4 is 5.97 Å². The Labute approximate surface area is 109 Å². The molecule has 0 aliphatic carbocycles. The van der Waals surface area contributed by atoms with Crippen molar-refractivity contribution in [2.24, 2.45) is 5.41 Å². The minimum Gasteiger partial charge on any atom is -0.496 e. The zero-order valence-electron chi connectivity index (χ0n) is 11.6. The lowest BCUT2D eigenvalue weighted by molar-refractivity contribution is -0.147. The summed E-state index contributed by atoms with van der Waals surface area (Å²) < 4.78 is 5.32. The van der Waals surface area contributed by atoms with Crippen molar-refractivity contribution in [2.45, 2.75) is 40.0 Å². The maximum absolute atomic E-state index is 11.1. The lowest BCUT2D eigenvalue weighted by atomic mass is 9.86. The minimum atomic E-state index is -0.756. The van der Waals surface area contributed by atoms with E-state index in [0.29, 0.717) is 6.42 Å². The van der Waals surface area contributed by atoms with E-state index >= 15 is 0 Å². The van der Waals surface area contributed by atoms with Crippen molar-refractivity contribution in [3.63, 3.8) is 0 Å². The van der Waals surface area contributed by atoms with Gasteiger partial charge in [0.1, 0.15) is 5.75 Å². The maximum Gasteiger partial charge on any atom is 0.309 e. The van der Waals surface area contributed by atoms with Gasteiger partial charge in [0.15, 0.2) is 0 Å². The molecule has 1 aromatic rings. The van der Waals surface area contributed by atoms with Gasteiger partial charge in [0, 0.05) is 0 Å². The van der Waals surface area contributed by atoms with E-state index in [1.54, 1.807) is 21.0 Å². The average molecular weight is 250 g/mol. The van der Waals surface area contributed by atoms with Gasteiger partial charge in [-0.2, -0.15) is 0 Å². The van der Waals surface area contributed by atoms with Gasteiger partial charge < -0.3 is 9.84 Å². The molecule has 0 atom stereocenters. The normalized spacial score (nSPS) is 11.3. The fraction of sp³-hybridized carbons (Fsp3) is 0.533. The Morgan fingerprint density at radius 2 is 2.06 bits per heavy atom. The molecule has 0 saturated heterocycles. The fourth-order valence-corrected chi connectivity index (χ4v) is 1.80. The molecular formula is C15H22O3. The Kier molecular flexibility index (Phi) is 4.76. The summed E-state index contributed by atoms with van der Waals surface area (Å²) in [4.78, 5) is 11.1. The number of benzene rings is 1. The zero-order chi connectivity index (χ0) is 13.8. The number of carbonyl (C=O) groups is 1. The summed E-state index contributed by atoms with van der Waals surface area (Å²) in [5.41, 5.74) is 1.64. The summed E-state index contributed by atoms with van der Waals surface area (Å²) in [5.74, 6) is 0.0847. The molecule has 0 fully saturated rings. The molecule has 18 heavy (non-hydrogen) atoms. The third-order valence-corrected chi connectivity index (χ3v) is 3.35. The number of aliphatic carboxylic acids is 1. The fourth-order valence-electron chi connectivity index (χ4n) is 1.80. The van der Waals surface area contributed by atoms with Crippen molar-refractivity contribution in [1.82, 2.24) is 0 Å². The first kappa shape index (κ1) is 14.6. The zero-order valence-corrected chi connectivity index (χ0v) is 11.6. The first-order valence-corrected chi connectivity index (χ1v) is 6.30. The third kappa shape index (κ3) is 3.49. The van der Waals surface area contributed by atoms with Crippen LogP contribution in [0.15, 0.2) is 18.2 Å². The van der Waals surface area contributed by atoms with Crippen molar-refractivity contribution in [3.05, 3.63) is 29.3 Å². The van der Waals surface area contributed by atoms with Crippen LogP contribution in [-0.2, 0) is 17.6 Å². The molecule has 3 nitrogen and oxygen atoms in total. The van der Waals surface area contributed by atoms with Crippen molar-refractivity contribution in [1.29, 1.82) is 0 Å². The van der Waals surface area contributed by atoms with Gasteiger partial charge in [-0.05, 0) is 50.3 Å². The highest BCUT2D eigenvalue weighted by Crippen LogP contribution is 2.27. The molecule has 0 heterocycles. The number of aryl methyl sites for hydroxylation is 2. The standard InChI is InChI=1S/C15H22O3/c1-5-11-6-7-13(18-4)12(10-11)8-9-15(2,3)14(16)17/h6-7,10H,5,8-9H2,1-4H3,(H,16,17). The lowest BCUT2D eigenvalue weighted by Gasteiger charge is -2.19. The Morgan fingerprint density at radius 3 is 2.56 bits per heavy atom. The summed E-state index contributed by atoms with van der Waals surface area (Å²) in [7, 11) is 1.65.